The first-order valence-electron chi connectivity index (χ1n) is 25.2. The summed E-state index contributed by atoms with van der Waals surface area (Å²) in [4.78, 5) is 37.8. The van der Waals surface area contributed by atoms with Gasteiger partial charge in [-0.3, -0.25) is 14.4 Å². The standard InChI is InChI=1S/C53H94O6/c1-4-7-10-13-16-19-21-23-25-26-28-29-31-34-37-40-43-46-52(55)58-49-50(48-57-51(54)45-42-39-36-33-18-15-12-9-6-3)59-53(56)47-44-41-38-35-32-30-27-24-22-20-17-14-11-8-5-2/h16-17,19-20,22-25,50H,4-15,18,21,26-49H2,1-3H3/b19-16-,20-17-,24-22-,25-23-. The lowest BCUT2D eigenvalue weighted by molar-refractivity contribution is -0.167. The third kappa shape index (κ3) is 46.3. The van der Waals surface area contributed by atoms with Gasteiger partial charge in [-0.05, 0) is 77.0 Å². The van der Waals surface area contributed by atoms with Crippen molar-refractivity contribution >= 4 is 17.9 Å². The molecule has 0 saturated heterocycles. The van der Waals surface area contributed by atoms with E-state index in [0.717, 1.165) is 77.0 Å². The maximum Gasteiger partial charge on any atom is 0.306 e. The van der Waals surface area contributed by atoms with Gasteiger partial charge in [0.25, 0.3) is 0 Å². The van der Waals surface area contributed by atoms with E-state index < -0.39 is 6.10 Å². The molecule has 0 saturated carbocycles. The molecule has 0 aliphatic rings. The molecule has 6 heteroatoms. The van der Waals surface area contributed by atoms with Gasteiger partial charge in [-0.1, -0.05) is 204 Å². The van der Waals surface area contributed by atoms with Crippen LogP contribution in [0.25, 0.3) is 0 Å². The summed E-state index contributed by atoms with van der Waals surface area (Å²) in [5, 5.41) is 0. The molecule has 0 aromatic rings. The Hall–Kier alpha value is -2.63. The summed E-state index contributed by atoms with van der Waals surface area (Å²) >= 11 is 0. The van der Waals surface area contributed by atoms with E-state index in [-0.39, 0.29) is 31.1 Å². The number of allylic oxidation sites excluding steroid dienone is 8. The summed E-state index contributed by atoms with van der Waals surface area (Å²) in [6, 6.07) is 0. The lowest BCUT2D eigenvalue weighted by atomic mass is 10.1. The summed E-state index contributed by atoms with van der Waals surface area (Å²) in [6.07, 6.45) is 56.6. The summed E-state index contributed by atoms with van der Waals surface area (Å²) < 4.78 is 16.7. The quantitative estimate of drug-likeness (QED) is 0.0200. The number of unbranched alkanes of at least 4 members (excludes halogenated alkanes) is 27. The van der Waals surface area contributed by atoms with E-state index in [1.807, 2.05) is 0 Å². The first kappa shape index (κ1) is 56.4. The Morgan fingerprint density at radius 1 is 0.356 bits per heavy atom. The summed E-state index contributed by atoms with van der Waals surface area (Å²) in [5.41, 5.74) is 0. The highest BCUT2D eigenvalue weighted by molar-refractivity contribution is 5.71. The highest BCUT2D eigenvalue weighted by Gasteiger charge is 2.19. The second-order valence-electron chi connectivity index (χ2n) is 16.8. The lowest BCUT2D eigenvalue weighted by Gasteiger charge is -2.18. The monoisotopic (exact) mass is 827 g/mol. The highest BCUT2D eigenvalue weighted by atomic mass is 16.6. The van der Waals surface area contributed by atoms with Crippen LogP contribution in [0.3, 0.4) is 0 Å². The summed E-state index contributed by atoms with van der Waals surface area (Å²) in [5.74, 6) is -0.897. The molecule has 0 radical (unpaired) electrons. The van der Waals surface area contributed by atoms with Crippen LogP contribution in [0.15, 0.2) is 48.6 Å². The Balaban J connectivity index is 4.35. The number of carbonyl (C=O) groups excluding carboxylic acids is 3. The number of carbonyl (C=O) groups is 3. The van der Waals surface area contributed by atoms with Gasteiger partial charge in [0.2, 0.25) is 0 Å². The molecule has 0 spiro atoms. The van der Waals surface area contributed by atoms with Crippen LogP contribution in [0.5, 0.6) is 0 Å². The fraction of sp³-hybridized carbons (Fsp3) is 0.792. The van der Waals surface area contributed by atoms with E-state index in [0.29, 0.717) is 19.3 Å². The third-order valence-corrected chi connectivity index (χ3v) is 10.8. The minimum atomic E-state index is -0.778. The zero-order valence-corrected chi connectivity index (χ0v) is 39.0. The molecular formula is C53H94O6. The minimum absolute atomic E-state index is 0.0790. The SMILES string of the molecule is CCCCC/C=C\C=C/CCCCCCCCC(=O)OC(COC(=O)CCCCCCCCC/C=C\C/C=C\CCCCC)COC(=O)CCCCCCCCCCC. The molecule has 1 atom stereocenters. The fourth-order valence-corrected chi connectivity index (χ4v) is 6.99. The fourth-order valence-electron chi connectivity index (χ4n) is 6.99. The van der Waals surface area contributed by atoms with Crippen LogP contribution in [0.1, 0.15) is 252 Å². The van der Waals surface area contributed by atoms with E-state index in [4.69, 9.17) is 14.2 Å². The predicted molar refractivity (Wildman–Crippen MR) is 252 cm³/mol. The molecule has 0 N–H and O–H groups in total. The lowest BCUT2D eigenvalue weighted by Crippen LogP contribution is -2.30. The van der Waals surface area contributed by atoms with Crippen LogP contribution in [-0.2, 0) is 28.6 Å². The topological polar surface area (TPSA) is 78.9 Å². The molecule has 1 unspecified atom stereocenters. The van der Waals surface area contributed by atoms with Crippen LogP contribution >= 0.6 is 0 Å². The average Bonchev–Trinajstić information content (AvgIpc) is 3.23. The highest BCUT2D eigenvalue weighted by Crippen LogP contribution is 2.14. The zero-order valence-electron chi connectivity index (χ0n) is 39.0. The number of hydrogen-bond acceptors (Lipinski definition) is 6. The van der Waals surface area contributed by atoms with Crippen LogP contribution in [-0.4, -0.2) is 37.2 Å². The molecule has 0 aromatic heterocycles. The van der Waals surface area contributed by atoms with Crippen molar-refractivity contribution in [3.8, 4) is 0 Å². The van der Waals surface area contributed by atoms with Gasteiger partial charge in [-0.15, -0.1) is 0 Å². The Labute approximate surface area is 365 Å². The van der Waals surface area contributed by atoms with Crippen molar-refractivity contribution in [2.75, 3.05) is 13.2 Å². The van der Waals surface area contributed by atoms with Crippen LogP contribution in [0.2, 0.25) is 0 Å². The van der Waals surface area contributed by atoms with Crippen LogP contribution < -0.4 is 0 Å². The number of esters is 3. The van der Waals surface area contributed by atoms with Crippen molar-refractivity contribution in [3.63, 3.8) is 0 Å². The van der Waals surface area contributed by atoms with Gasteiger partial charge in [0, 0.05) is 19.3 Å². The molecule has 0 aliphatic carbocycles. The first-order chi connectivity index (χ1) is 29.0. The molecule has 342 valence electrons. The van der Waals surface area contributed by atoms with Gasteiger partial charge in [-0.25, -0.2) is 0 Å². The van der Waals surface area contributed by atoms with E-state index in [9.17, 15) is 14.4 Å². The van der Waals surface area contributed by atoms with Gasteiger partial charge in [0.1, 0.15) is 13.2 Å². The minimum Gasteiger partial charge on any atom is -0.462 e. The molecule has 0 rings (SSSR count). The van der Waals surface area contributed by atoms with Gasteiger partial charge >= 0.3 is 17.9 Å². The van der Waals surface area contributed by atoms with Crippen LogP contribution in [0.4, 0.5) is 0 Å². The smallest absolute Gasteiger partial charge is 0.306 e. The average molecular weight is 827 g/mol. The normalized spacial score (nSPS) is 12.4. The maximum atomic E-state index is 12.8. The zero-order chi connectivity index (χ0) is 43.0. The van der Waals surface area contributed by atoms with E-state index in [2.05, 4.69) is 69.4 Å². The second-order valence-corrected chi connectivity index (χ2v) is 16.8. The molecule has 0 aromatic carbocycles. The molecule has 0 aliphatic heterocycles. The van der Waals surface area contributed by atoms with Gasteiger partial charge in [0.05, 0.1) is 0 Å². The molecule has 6 nitrogen and oxygen atoms in total. The van der Waals surface area contributed by atoms with E-state index in [1.165, 1.54) is 135 Å². The molecule has 0 heterocycles. The summed E-state index contributed by atoms with van der Waals surface area (Å²) in [6.45, 7) is 6.55. The molecule has 0 bridgehead atoms. The van der Waals surface area contributed by atoms with Crippen LogP contribution in [0, 0.1) is 0 Å². The molecule has 59 heavy (non-hydrogen) atoms. The van der Waals surface area contributed by atoms with Crippen molar-refractivity contribution in [1.29, 1.82) is 0 Å². The Morgan fingerprint density at radius 2 is 0.661 bits per heavy atom. The van der Waals surface area contributed by atoms with Gasteiger partial charge in [0.15, 0.2) is 6.10 Å². The third-order valence-electron chi connectivity index (χ3n) is 10.8. The van der Waals surface area contributed by atoms with Gasteiger partial charge in [-0.2, -0.15) is 0 Å². The van der Waals surface area contributed by atoms with Crippen molar-refractivity contribution < 1.29 is 28.6 Å². The Kier molecular flexibility index (Phi) is 45.9. The Bertz CT molecular complexity index is 1040. The molecule has 0 amide bonds. The molecule has 0 fully saturated rings. The number of hydrogen-bond donors (Lipinski definition) is 0. The van der Waals surface area contributed by atoms with Gasteiger partial charge < -0.3 is 14.2 Å². The number of rotatable bonds is 45. The number of ether oxygens (including phenoxy) is 3. The summed E-state index contributed by atoms with van der Waals surface area (Å²) in [7, 11) is 0. The molecular weight excluding hydrogens is 733 g/mol. The van der Waals surface area contributed by atoms with Crippen molar-refractivity contribution in [2.45, 2.75) is 258 Å². The van der Waals surface area contributed by atoms with Crippen molar-refractivity contribution in [3.05, 3.63) is 48.6 Å². The Morgan fingerprint density at radius 3 is 1.07 bits per heavy atom. The van der Waals surface area contributed by atoms with E-state index >= 15 is 0 Å². The predicted octanol–water partition coefficient (Wildman–Crippen LogP) is 16.3. The second kappa shape index (κ2) is 48.0. The van der Waals surface area contributed by atoms with Crippen molar-refractivity contribution in [1.82, 2.24) is 0 Å². The maximum absolute atomic E-state index is 12.8. The first-order valence-corrected chi connectivity index (χ1v) is 25.2. The van der Waals surface area contributed by atoms with E-state index in [1.54, 1.807) is 0 Å². The largest absolute Gasteiger partial charge is 0.462 e. The van der Waals surface area contributed by atoms with Crippen molar-refractivity contribution in [2.24, 2.45) is 0 Å².